The second-order valence-corrected chi connectivity index (χ2v) is 17.6. The number of amides is 1. The van der Waals surface area contributed by atoms with Crippen LogP contribution in [0.25, 0.3) is 10.8 Å². The summed E-state index contributed by atoms with van der Waals surface area (Å²) in [4.78, 5) is 37.0. The number of nitrogens with zero attached hydrogens (tertiary/aromatic N) is 8. The van der Waals surface area contributed by atoms with E-state index in [4.69, 9.17) is 14.7 Å². The average Bonchev–Trinajstić information content (AvgIpc) is 3.88. The second kappa shape index (κ2) is 18.1. The van der Waals surface area contributed by atoms with E-state index < -0.39 is 11.6 Å². The fraction of sp³-hybridized carbons (Fsp3) is 0.273. The van der Waals surface area contributed by atoms with Crippen LogP contribution in [0.4, 0.5) is 11.5 Å². The molecule has 4 aliphatic rings. The molecule has 1 amide bonds. The first-order chi connectivity index (χ1) is 31.9. The van der Waals surface area contributed by atoms with Crippen LogP contribution < -0.4 is 14.5 Å². The Balaban J connectivity index is 1.04. The molecule has 0 radical (unpaired) electrons. The summed E-state index contributed by atoms with van der Waals surface area (Å²) in [5, 5.41) is 12.8. The van der Waals surface area contributed by atoms with E-state index in [1.807, 2.05) is 53.6 Å². The summed E-state index contributed by atoms with van der Waals surface area (Å²) in [5.41, 5.74) is 7.01. The molecule has 2 saturated heterocycles. The number of aromatic nitrogens is 2. The van der Waals surface area contributed by atoms with Crippen molar-refractivity contribution in [2.45, 2.75) is 56.8 Å². The first kappa shape index (κ1) is 41.8. The zero-order chi connectivity index (χ0) is 44.3. The van der Waals surface area contributed by atoms with Gasteiger partial charge in [-0.15, -0.1) is 0 Å². The van der Waals surface area contributed by atoms with Crippen molar-refractivity contribution in [3.05, 3.63) is 197 Å². The molecule has 6 aromatic rings. The molecule has 0 spiro atoms. The minimum Gasteiger partial charge on any atom is -0.462 e. The number of carbonyl (C=O) groups excluding carboxylic acids is 1. The number of benzene rings is 5. The molecule has 0 unspecified atom stereocenters. The van der Waals surface area contributed by atoms with Crippen molar-refractivity contribution in [2.24, 2.45) is 0 Å². The highest BCUT2D eigenvalue weighted by Crippen LogP contribution is 2.46. The maximum Gasteiger partial charge on any atom is 0.318 e. The summed E-state index contributed by atoms with van der Waals surface area (Å²) in [7, 11) is 2.15. The maximum atomic E-state index is 15.7. The van der Waals surface area contributed by atoms with E-state index in [1.165, 1.54) is 22.0 Å². The van der Waals surface area contributed by atoms with Gasteiger partial charge >= 0.3 is 6.01 Å². The van der Waals surface area contributed by atoms with Crippen LogP contribution in [-0.4, -0.2) is 82.6 Å². The number of fused-ring (bicyclic) bond motifs is 2. The second-order valence-electron chi connectivity index (χ2n) is 17.6. The van der Waals surface area contributed by atoms with Gasteiger partial charge in [-0.3, -0.25) is 4.79 Å². The molecule has 326 valence electrons. The van der Waals surface area contributed by atoms with Crippen molar-refractivity contribution in [2.75, 3.05) is 49.8 Å². The molecule has 5 heterocycles. The molecule has 2 fully saturated rings. The Morgan fingerprint density at radius 1 is 0.800 bits per heavy atom. The predicted octanol–water partition coefficient (Wildman–Crippen LogP) is 9.12. The maximum absolute atomic E-state index is 15.7. The number of hydrogen-bond acceptors (Lipinski definition) is 9. The van der Waals surface area contributed by atoms with Crippen molar-refractivity contribution in [3.8, 4) is 12.1 Å². The Morgan fingerprint density at radius 3 is 2.15 bits per heavy atom. The van der Waals surface area contributed by atoms with Gasteiger partial charge in [0.1, 0.15) is 23.7 Å². The summed E-state index contributed by atoms with van der Waals surface area (Å²) in [6.45, 7) is 5.79. The minimum absolute atomic E-state index is 0.168. The summed E-state index contributed by atoms with van der Waals surface area (Å²) in [6.07, 6.45) is 12.9. The van der Waals surface area contributed by atoms with E-state index in [9.17, 15) is 5.26 Å². The quantitative estimate of drug-likeness (QED) is 0.118. The minimum atomic E-state index is -0.933. The average molecular weight is 859 g/mol. The van der Waals surface area contributed by atoms with Crippen molar-refractivity contribution < 1.29 is 9.53 Å². The first-order valence-corrected chi connectivity index (χ1v) is 22.8. The topological polar surface area (TPSA) is 92.1 Å². The molecule has 65 heavy (non-hydrogen) atoms. The molecule has 0 saturated carbocycles. The third kappa shape index (κ3) is 7.80. The van der Waals surface area contributed by atoms with E-state index in [-0.39, 0.29) is 19.0 Å². The highest BCUT2D eigenvalue weighted by molar-refractivity contribution is 5.97. The molecule has 0 bridgehead atoms. The summed E-state index contributed by atoms with van der Waals surface area (Å²) >= 11 is 0. The Bertz CT molecular complexity index is 2720. The third-order valence-electron chi connectivity index (χ3n) is 13.7. The van der Waals surface area contributed by atoms with Crippen molar-refractivity contribution >= 4 is 28.2 Å². The lowest BCUT2D eigenvalue weighted by atomic mass is 9.75. The monoisotopic (exact) mass is 858 g/mol. The van der Waals surface area contributed by atoms with Crippen LogP contribution in [0, 0.1) is 18.3 Å². The van der Waals surface area contributed by atoms with Crippen molar-refractivity contribution in [1.29, 1.82) is 5.26 Å². The third-order valence-corrected chi connectivity index (χ3v) is 13.7. The number of ether oxygens (including phenoxy) is 1. The Hall–Kier alpha value is -7.22. The lowest BCUT2D eigenvalue weighted by Gasteiger charge is -2.46. The highest BCUT2D eigenvalue weighted by atomic mass is 16.5. The Kier molecular flexibility index (Phi) is 11.6. The predicted molar refractivity (Wildman–Crippen MR) is 257 cm³/mol. The van der Waals surface area contributed by atoms with Crippen LogP contribution in [0.5, 0.6) is 6.01 Å². The molecule has 2 atom stereocenters. The number of anilines is 2. The molecular formula is C55H54N8O2. The van der Waals surface area contributed by atoms with Gasteiger partial charge in [0.2, 0.25) is 0 Å². The van der Waals surface area contributed by atoms with Crippen LogP contribution in [0.15, 0.2) is 164 Å². The van der Waals surface area contributed by atoms with Gasteiger partial charge in [-0.1, -0.05) is 133 Å². The first-order valence-electron chi connectivity index (χ1n) is 22.8. The standard InChI is InChI=1S/C55H54N8O2/c1-40-18-15-19-41-20-16-29-49(51(40)41)60-35-31-47-48(37-60)57-54(65-38-46-27-17-33-59(46)2)58-52(47)61-36-45(30-32-56)62(39-61)53(64)50-28-13-6-14-34-63(50)55(42-21-7-3-8-22-42,43-23-9-4-10-24-43)44-25-11-5-12-26-44/h3-16,18-26,28-29,34,45-46H,17,27,30-31,33,35-39H2,1-2H3/t45-,46-/m0/s1. The van der Waals surface area contributed by atoms with Gasteiger partial charge < -0.3 is 29.2 Å². The number of rotatable bonds is 11. The van der Waals surface area contributed by atoms with E-state index in [0.717, 1.165) is 59.7 Å². The zero-order valence-corrected chi connectivity index (χ0v) is 37.1. The molecule has 5 aromatic carbocycles. The molecule has 10 heteroatoms. The van der Waals surface area contributed by atoms with Gasteiger partial charge in [-0.05, 0) is 85.6 Å². The van der Waals surface area contributed by atoms with E-state index >= 15 is 4.79 Å². The smallest absolute Gasteiger partial charge is 0.318 e. The number of likely N-dealkylation sites (tertiary alicyclic amines) is 1. The molecule has 0 aliphatic carbocycles. The van der Waals surface area contributed by atoms with Gasteiger partial charge in [0.15, 0.2) is 0 Å². The zero-order valence-electron chi connectivity index (χ0n) is 37.1. The lowest BCUT2D eigenvalue weighted by molar-refractivity contribution is -0.129. The summed E-state index contributed by atoms with van der Waals surface area (Å²) < 4.78 is 6.52. The fourth-order valence-electron chi connectivity index (χ4n) is 10.5. The Morgan fingerprint density at radius 2 is 1.49 bits per heavy atom. The van der Waals surface area contributed by atoms with Gasteiger partial charge in [0.25, 0.3) is 5.91 Å². The highest BCUT2D eigenvalue weighted by Gasteiger charge is 2.46. The van der Waals surface area contributed by atoms with Crippen molar-refractivity contribution in [3.63, 3.8) is 0 Å². The molecule has 4 aliphatic heterocycles. The van der Waals surface area contributed by atoms with Gasteiger partial charge in [-0.2, -0.15) is 15.2 Å². The van der Waals surface area contributed by atoms with Crippen LogP contribution in [0.2, 0.25) is 0 Å². The number of allylic oxidation sites excluding steroid dienone is 4. The van der Waals surface area contributed by atoms with Crippen LogP contribution >= 0.6 is 0 Å². The molecule has 0 N–H and O–H groups in total. The SMILES string of the molecule is Cc1cccc2cccc(N3CCc4c(nc(OC[C@@H]5CCCN5C)nc4N4C[C@H](CC#N)N(C(=O)C5=CC=CC=CN5C(c5ccccc5)(c5ccccc5)c5ccccc5)C4)C3)c12. The largest absolute Gasteiger partial charge is 0.462 e. The summed E-state index contributed by atoms with van der Waals surface area (Å²) in [6, 6.07) is 46.9. The Labute approximate surface area is 382 Å². The number of carbonyl (C=O) groups is 1. The number of likely N-dealkylation sites (N-methyl/N-ethyl adjacent to an activating group) is 1. The number of hydrogen-bond donors (Lipinski definition) is 0. The normalized spacial score (nSPS) is 18.7. The van der Waals surface area contributed by atoms with Crippen LogP contribution in [-0.2, 0) is 23.3 Å². The van der Waals surface area contributed by atoms with Crippen LogP contribution in [0.3, 0.4) is 0 Å². The van der Waals surface area contributed by atoms with E-state index in [0.29, 0.717) is 43.9 Å². The number of nitriles is 1. The molecular weight excluding hydrogens is 805 g/mol. The number of aryl methyl sites for hydroxylation is 1. The van der Waals surface area contributed by atoms with Gasteiger partial charge in [0, 0.05) is 42.0 Å². The fourth-order valence-corrected chi connectivity index (χ4v) is 10.5. The van der Waals surface area contributed by atoms with Crippen LogP contribution in [0.1, 0.15) is 52.8 Å². The van der Waals surface area contributed by atoms with Gasteiger partial charge in [0.05, 0.1) is 37.4 Å². The molecule has 10 rings (SSSR count). The lowest BCUT2D eigenvalue weighted by Crippen LogP contribution is -2.49. The molecule has 10 nitrogen and oxygen atoms in total. The molecule has 1 aromatic heterocycles. The van der Waals surface area contributed by atoms with E-state index in [2.05, 4.69) is 149 Å². The summed E-state index contributed by atoms with van der Waals surface area (Å²) in [5.74, 6) is 0.604. The van der Waals surface area contributed by atoms with E-state index in [1.54, 1.807) is 0 Å². The van der Waals surface area contributed by atoms with Gasteiger partial charge in [-0.25, -0.2) is 0 Å². The van der Waals surface area contributed by atoms with Crippen molar-refractivity contribution in [1.82, 2.24) is 24.7 Å².